The molecule has 2 aromatic carbocycles. The van der Waals surface area contributed by atoms with Crippen LogP contribution in [0, 0.1) is 6.57 Å². The fraction of sp³-hybridized carbons (Fsp3) is 0.310. The first-order valence-corrected chi connectivity index (χ1v) is 13.2. The van der Waals surface area contributed by atoms with E-state index in [1.54, 1.807) is 24.3 Å². The first kappa shape index (κ1) is 27.4. The van der Waals surface area contributed by atoms with Gasteiger partial charge < -0.3 is 15.2 Å². The van der Waals surface area contributed by atoms with Crippen molar-refractivity contribution in [1.82, 2.24) is 10.3 Å². The Morgan fingerprint density at radius 1 is 1.08 bits per heavy atom. The number of benzene rings is 2. The number of aryl methyl sites for hydroxylation is 3. The van der Waals surface area contributed by atoms with Crippen LogP contribution >= 0.6 is 23.2 Å². The highest BCUT2D eigenvalue weighted by Gasteiger charge is 2.24. The number of pyridine rings is 1. The van der Waals surface area contributed by atoms with Gasteiger partial charge in [-0.1, -0.05) is 41.4 Å². The zero-order valence-electron chi connectivity index (χ0n) is 20.7. The molecule has 1 aliphatic carbocycles. The van der Waals surface area contributed by atoms with E-state index in [4.69, 9.17) is 39.5 Å². The molecule has 196 valence electrons. The Morgan fingerprint density at radius 3 is 2.47 bits per heavy atom. The number of hydrogen-bond donors (Lipinski definition) is 2. The van der Waals surface area contributed by atoms with Crippen molar-refractivity contribution in [1.29, 1.82) is 0 Å². The maximum Gasteiger partial charge on any atom is 0.326 e. The highest BCUT2D eigenvalue weighted by Crippen LogP contribution is 2.30. The van der Waals surface area contributed by atoms with E-state index >= 15 is 0 Å². The third-order valence-electron chi connectivity index (χ3n) is 6.43. The number of rotatable bonds is 10. The zero-order chi connectivity index (χ0) is 27.1. The minimum atomic E-state index is -1.20. The Kier molecular flexibility index (Phi) is 9.22. The molecule has 1 heterocycles. The third kappa shape index (κ3) is 7.03. The molecule has 0 fully saturated rings. The molecule has 7 nitrogen and oxygen atoms in total. The summed E-state index contributed by atoms with van der Waals surface area (Å²) in [6, 6.07) is 12.8. The van der Waals surface area contributed by atoms with Gasteiger partial charge in [-0.3, -0.25) is 9.78 Å². The van der Waals surface area contributed by atoms with Crippen molar-refractivity contribution in [2.24, 2.45) is 0 Å². The second kappa shape index (κ2) is 12.8. The van der Waals surface area contributed by atoms with Crippen LogP contribution < -0.4 is 10.1 Å². The van der Waals surface area contributed by atoms with Crippen LogP contribution in [-0.2, 0) is 30.5 Å². The van der Waals surface area contributed by atoms with Crippen LogP contribution in [0.15, 0.2) is 48.5 Å². The standard InChI is InChI=1S/C29H27Cl2N3O4/c1-32-21-16-23(30)27(24(31)17-21)28(35)34-26(29(36)37)15-18-8-12-22(13-9-18)38-14-4-6-20-11-10-19-5-2-3-7-25(19)33-20/h8-13,16-17,26H,2-7,14-15H2,(H,34,35)(H,36,37)/t26-/m0/s1. The summed E-state index contributed by atoms with van der Waals surface area (Å²) in [5.41, 5.74) is 4.54. The van der Waals surface area contributed by atoms with Crippen molar-refractivity contribution < 1.29 is 19.4 Å². The molecule has 9 heteroatoms. The van der Waals surface area contributed by atoms with Crippen LogP contribution in [-0.4, -0.2) is 34.6 Å². The second-order valence-electron chi connectivity index (χ2n) is 9.18. The largest absolute Gasteiger partial charge is 0.494 e. The molecule has 0 unspecified atom stereocenters. The van der Waals surface area contributed by atoms with Crippen molar-refractivity contribution in [3.05, 3.63) is 98.1 Å². The van der Waals surface area contributed by atoms with Gasteiger partial charge in [-0.15, -0.1) is 0 Å². The lowest BCUT2D eigenvalue weighted by molar-refractivity contribution is -0.139. The van der Waals surface area contributed by atoms with Crippen molar-refractivity contribution in [3.63, 3.8) is 0 Å². The quantitative estimate of drug-likeness (QED) is 0.229. The predicted octanol–water partition coefficient (Wildman–Crippen LogP) is 6.26. The lowest BCUT2D eigenvalue weighted by Gasteiger charge is -2.16. The van der Waals surface area contributed by atoms with Gasteiger partial charge in [0.1, 0.15) is 11.8 Å². The summed E-state index contributed by atoms with van der Waals surface area (Å²) in [4.78, 5) is 32.6. The fourth-order valence-corrected chi connectivity index (χ4v) is 5.09. The number of carboxylic acids is 1. The van der Waals surface area contributed by atoms with Gasteiger partial charge in [-0.2, -0.15) is 0 Å². The van der Waals surface area contributed by atoms with E-state index in [-0.39, 0.29) is 27.7 Å². The van der Waals surface area contributed by atoms with E-state index in [1.165, 1.54) is 36.2 Å². The van der Waals surface area contributed by atoms with Gasteiger partial charge in [0, 0.05) is 27.9 Å². The van der Waals surface area contributed by atoms with Crippen LogP contribution in [0.2, 0.25) is 10.0 Å². The molecular formula is C29H27Cl2N3O4. The topological polar surface area (TPSA) is 92.9 Å². The Morgan fingerprint density at radius 2 is 1.79 bits per heavy atom. The summed E-state index contributed by atoms with van der Waals surface area (Å²) in [7, 11) is 0. The van der Waals surface area contributed by atoms with E-state index in [2.05, 4.69) is 22.3 Å². The number of aliphatic carboxylic acids is 1. The highest BCUT2D eigenvalue weighted by molar-refractivity contribution is 6.40. The molecule has 2 N–H and O–H groups in total. The van der Waals surface area contributed by atoms with E-state index in [0.29, 0.717) is 17.9 Å². The number of carbonyl (C=O) groups excluding carboxylic acids is 1. The first-order valence-electron chi connectivity index (χ1n) is 12.4. The summed E-state index contributed by atoms with van der Waals surface area (Å²) in [5, 5.41) is 12.1. The minimum absolute atomic E-state index is 0.0194. The lowest BCUT2D eigenvalue weighted by atomic mass is 9.95. The van der Waals surface area contributed by atoms with Crippen molar-refractivity contribution >= 4 is 40.8 Å². The molecule has 1 aromatic heterocycles. The summed E-state index contributed by atoms with van der Waals surface area (Å²) in [6.45, 7) is 7.59. The third-order valence-corrected chi connectivity index (χ3v) is 7.03. The number of halogens is 2. The average molecular weight is 552 g/mol. The molecule has 1 atom stereocenters. The number of carboxylic acid groups (broad SMARTS) is 1. The van der Waals surface area contributed by atoms with Gasteiger partial charge in [0.15, 0.2) is 5.69 Å². The number of hydrogen-bond acceptors (Lipinski definition) is 4. The van der Waals surface area contributed by atoms with Crippen molar-refractivity contribution in [2.75, 3.05) is 6.61 Å². The van der Waals surface area contributed by atoms with Gasteiger partial charge >= 0.3 is 5.97 Å². The van der Waals surface area contributed by atoms with Gasteiger partial charge in [0.2, 0.25) is 0 Å². The Balaban J connectivity index is 1.29. The lowest BCUT2D eigenvalue weighted by Crippen LogP contribution is -2.42. The molecule has 0 bridgehead atoms. The summed E-state index contributed by atoms with van der Waals surface area (Å²) in [5.74, 6) is -1.24. The van der Waals surface area contributed by atoms with Crippen LogP contribution in [0.25, 0.3) is 4.85 Å². The molecule has 1 amide bonds. The van der Waals surface area contributed by atoms with Gasteiger partial charge in [-0.05, 0) is 80.0 Å². The number of carbonyl (C=O) groups is 2. The summed E-state index contributed by atoms with van der Waals surface area (Å²) >= 11 is 12.2. The smallest absolute Gasteiger partial charge is 0.326 e. The van der Waals surface area contributed by atoms with Gasteiger partial charge in [-0.25, -0.2) is 9.64 Å². The number of fused-ring (bicyclic) bond motifs is 1. The normalized spacial score (nSPS) is 13.2. The highest BCUT2D eigenvalue weighted by atomic mass is 35.5. The maximum absolute atomic E-state index is 12.7. The van der Waals surface area contributed by atoms with E-state index in [9.17, 15) is 14.7 Å². The Bertz CT molecular complexity index is 1350. The summed E-state index contributed by atoms with van der Waals surface area (Å²) in [6.07, 6.45) is 6.39. The zero-order valence-corrected chi connectivity index (χ0v) is 22.2. The number of aromatic nitrogens is 1. The Labute approximate surface area is 231 Å². The number of nitrogens with zero attached hydrogens (tertiary/aromatic N) is 2. The van der Waals surface area contributed by atoms with Crippen LogP contribution in [0.5, 0.6) is 5.75 Å². The van der Waals surface area contributed by atoms with Crippen molar-refractivity contribution in [3.8, 4) is 5.75 Å². The Hall–Kier alpha value is -3.60. The van der Waals surface area contributed by atoms with Crippen LogP contribution in [0.3, 0.4) is 0 Å². The SMILES string of the molecule is [C-]#[N+]c1cc(Cl)c(C(=O)N[C@@H](Cc2ccc(OCCCc3ccc4c(n3)CCCC4)cc2)C(=O)O)c(Cl)c1. The second-order valence-corrected chi connectivity index (χ2v) is 9.99. The molecule has 1 aliphatic rings. The van der Waals surface area contributed by atoms with Gasteiger partial charge in [0.25, 0.3) is 5.91 Å². The number of nitrogens with one attached hydrogen (secondary N) is 1. The molecule has 3 aromatic rings. The molecule has 0 saturated heterocycles. The molecule has 0 aliphatic heterocycles. The number of amides is 1. The molecule has 4 rings (SSSR count). The van der Waals surface area contributed by atoms with E-state index < -0.39 is 17.9 Å². The fourth-order valence-electron chi connectivity index (χ4n) is 4.44. The monoisotopic (exact) mass is 551 g/mol. The molecule has 0 saturated carbocycles. The number of ether oxygens (including phenoxy) is 1. The molecule has 0 radical (unpaired) electrons. The van der Waals surface area contributed by atoms with Gasteiger partial charge in [0.05, 0.1) is 18.7 Å². The molecule has 0 spiro atoms. The maximum atomic E-state index is 12.7. The minimum Gasteiger partial charge on any atom is -0.494 e. The van der Waals surface area contributed by atoms with E-state index in [1.807, 2.05) is 0 Å². The van der Waals surface area contributed by atoms with E-state index in [0.717, 1.165) is 31.4 Å². The molecule has 38 heavy (non-hydrogen) atoms. The van der Waals surface area contributed by atoms with Crippen LogP contribution in [0.4, 0.5) is 5.69 Å². The molecular weight excluding hydrogens is 525 g/mol. The average Bonchev–Trinajstić information content (AvgIpc) is 2.91. The predicted molar refractivity (Wildman–Crippen MR) is 146 cm³/mol. The van der Waals surface area contributed by atoms with Crippen LogP contribution in [0.1, 0.15) is 52.1 Å². The summed E-state index contributed by atoms with van der Waals surface area (Å²) < 4.78 is 5.85. The van der Waals surface area contributed by atoms with Crippen molar-refractivity contribution in [2.45, 2.75) is 51.0 Å². The first-order chi connectivity index (χ1) is 18.3.